The summed E-state index contributed by atoms with van der Waals surface area (Å²) < 4.78 is 4.76. The normalized spacial score (nSPS) is 10.7. The molecule has 5 heteroatoms. The van der Waals surface area contributed by atoms with Crippen molar-refractivity contribution in [3.63, 3.8) is 0 Å². The summed E-state index contributed by atoms with van der Waals surface area (Å²) in [6.45, 7) is 3.32. The first-order valence-corrected chi connectivity index (χ1v) is 4.30. The second-order valence-corrected chi connectivity index (χ2v) is 2.91. The maximum atomic E-state index is 11.3. The molecule has 0 aliphatic carbocycles. The number of carbonyl (C=O) groups is 2. The van der Waals surface area contributed by atoms with Crippen LogP contribution in [0.15, 0.2) is 11.9 Å². The summed E-state index contributed by atoms with van der Waals surface area (Å²) in [7, 11) is 3.50. The van der Waals surface area contributed by atoms with Crippen LogP contribution in [0.4, 0.5) is 0 Å². The Morgan fingerprint density at radius 1 is 1.43 bits per heavy atom. The van der Waals surface area contributed by atoms with Gasteiger partial charge in [0.25, 0.3) is 0 Å². The number of hydrogen-bond acceptors (Lipinski definition) is 4. The first kappa shape index (κ1) is 12.5. The van der Waals surface area contributed by atoms with Crippen LogP contribution in [-0.4, -0.2) is 37.5 Å². The minimum absolute atomic E-state index is 0.143. The molecule has 0 radical (unpaired) electrons. The fraction of sp³-hybridized carbons (Fsp3) is 0.556. The highest BCUT2D eigenvalue weighted by Gasteiger charge is 2.11. The van der Waals surface area contributed by atoms with E-state index in [2.05, 4.69) is 5.32 Å². The molecule has 1 amide bonds. The van der Waals surface area contributed by atoms with Crippen LogP contribution in [0.3, 0.4) is 0 Å². The maximum absolute atomic E-state index is 11.3. The van der Waals surface area contributed by atoms with Crippen molar-refractivity contribution in [3.05, 3.63) is 11.9 Å². The smallest absolute Gasteiger partial charge is 0.356 e. The second kappa shape index (κ2) is 6.01. The molecule has 0 unspecified atom stereocenters. The van der Waals surface area contributed by atoms with E-state index < -0.39 is 5.97 Å². The van der Waals surface area contributed by atoms with Crippen LogP contribution in [0.25, 0.3) is 0 Å². The highest BCUT2D eigenvalue weighted by molar-refractivity contribution is 5.93. The van der Waals surface area contributed by atoms with Crippen molar-refractivity contribution in [1.82, 2.24) is 10.2 Å². The second-order valence-electron chi connectivity index (χ2n) is 2.91. The summed E-state index contributed by atoms with van der Waals surface area (Å²) in [5.41, 5.74) is 0.143. The average molecular weight is 200 g/mol. The van der Waals surface area contributed by atoms with Gasteiger partial charge in [-0.15, -0.1) is 0 Å². The molecule has 14 heavy (non-hydrogen) atoms. The minimum Gasteiger partial charge on any atom is -0.461 e. The number of ether oxygens (including phenoxy) is 1. The van der Waals surface area contributed by atoms with Crippen LogP contribution in [0.1, 0.15) is 13.8 Å². The summed E-state index contributed by atoms with van der Waals surface area (Å²) >= 11 is 0. The Morgan fingerprint density at radius 3 is 2.36 bits per heavy atom. The largest absolute Gasteiger partial charge is 0.461 e. The number of carbonyl (C=O) groups excluding carboxylic acids is 2. The Bertz CT molecular complexity index is 246. The van der Waals surface area contributed by atoms with Gasteiger partial charge in [-0.05, 0) is 6.92 Å². The Hall–Kier alpha value is -1.52. The highest BCUT2D eigenvalue weighted by Crippen LogP contribution is 1.95. The standard InChI is InChI=1S/C9H16N2O3/c1-5-14-9(13)8(6-11(3)4)10-7(2)12/h6H,5H2,1-4H3,(H,10,12)/b8-6-. The number of nitrogens with one attached hydrogen (secondary N) is 1. The first-order valence-electron chi connectivity index (χ1n) is 4.30. The number of nitrogens with zero attached hydrogens (tertiary/aromatic N) is 1. The molecule has 0 saturated heterocycles. The monoisotopic (exact) mass is 200 g/mol. The summed E-state index contributed by atoms with van der Waals surface area (Å²) in [5.74, 6) is -0.831. The summed E-state index contributed by atoms with van der Waals surface area (Å²) in [5, 5.41) is 2.40. The zero-order valence-electron chi connectivity index (χ0n) is 8.96. The number of hydrogen-bond donors (Lipinski definition) is 1. The summed E-state index contributed by atoms with van der Waals surface area (Å²) in [4.78, 5) is 23.7. The van der Waals surface area contributed by atoms with Gasteiger partial charge < -0.3 is 15.0 Å². The Labute approximate surface area is 83.7 Å². The number of esters is 1. The van der Waals surface area contributed by atoms with E-state index in [4.69, 9.17) is 4.74 Å². The van der Waals surface area contributed by atoms with Crippen LogP contribution >= 0.6 is 0 Å². The van der Waals surface area contributed by atoms with Crippen molar-refractivity contribution in [3.8, 4) is 0 Å². The lowest BCUT2D eigenvalue weighted by Gasteiger charge is -2.11. The fourth-order valence-corrected chi connectivity index (χ4v) is 0.793. The molecule has 5 nitrogen and oxygen atoms in total. The van der Waals surface area contributed by atoms with Crippen molar-refractivity contribution >= 4 is 11.9 Å². The third-order valence-corrected chi connectivity index (χ3v) is 1.19. The lowest BCUT2D eigenvalue weighted by molar-refractivity contribution is -0.140. The van der Waals surface area contributed by atoms with Gasteiger partial charge in [0.2, 0.25) is 5.91 Å². The van der Waals surface area contributed by atoms with Crippen molar-refractivity contribution in [2.75, 3.05) is 20.7 Å². The molecular weight excluding hydrogens is 184 g/mol. The summed E-state index contributed by atoms with van der Waals surface area (Å²) in [6, 6.07) is 0. The molecule has 0 aromatic carbocycles. The van der Waals surface area contributed by atoms with Crippen molar-refractivity contribution < 1.29 is 14.3 Å². The molecule has 0 spiro atoms. The molecule has 0 heterocycles. The molecule has 0 aromatic rings. The Balaban J connectivity index is 4.54. The zero-order chi connectivity index (χ0) is 11.1. The van der Waals surface area contributed by atoms with Crippen LogP contribution in [0, 0.1) is 0 Å². The molecule has 1 N–H and O–H groups in total. The lowest BCUT2D eigenvalue weighted by Crippen LogP contribution is -2.28. The lowest BCUT2D eigenvalue weighted by atomic mass is 10.4. The van der Waals surface area contributed by atoms with E-state index in [1.54, 1.807) is 25.9 Å². The van der Waals surface area contributed by atoms with Gasteiger partial charge in [-0.25, -0.2) is 4.79 Å². The Morgan fingerprint density at radius 2 is 2.00 bits per heavy atom. The van der Waals surface area contributed by atoms with Gasteiger partial charge in [-0.1, -0.05) is 0 Å². The zero-order valence-corrected chi connectivity index (χ0v) is 8.96. The van der Waals surface area contributed by atoms with Gasteiger partial charge in [-0.3, -0.25) is 4.79 Å². The molecule has 0 saturated carbocycles. The van der Waals surface area contributed by atoms with Gasteiger partial charge in [0.15, 0.2) is 0 Å². The van der Waals surface area contributed by atoms with Gasteiger partial charge in [0, 0.05) is 27.2 Å². The van der Waals surface area contributed by atoms with Gasteiger partial charge in [-0.2, -0.15) is 0 Å². The number of rotatable bonds is 4. The van der Waals surface area contributed by atoms with E-state index >= 15 is 0 Å². The van der Waals surface area contributed by atoms with Crippen LogP contribution < -0.4 is 5.32 Å². The van der Waals surface area contributed by atoms with E-state index in [0.29, 0.717) is 0 Å². The Kier molecular flexibility index (Phi) is 5.36. The van der Waals surface area contributed by atoms with E-state index in [1.807, 2.05) is 0 Å². The third-order valence-electron chi connectivity index (χ3n) is 1.19. The van der Waals surface area contributed by atoms with E-state index in [-0.39, 0.29) is 18.2 Å². The molecule has 0 fully saturated rings. The van der Waals surface area contributed by atoms with E-state index in [1.165, 1.54) is 13.1 Å². The van der Waals surface area contributed by atoms with E-state index in [0.717, 1.165) is 0 Å². The molecule has 0 aliphatic heterocycles. The van der Waals surface area contributed by atoms with E-state index in [9.17, 15) is 9.59 Å². The quantitative estimate of drug-likeness (QED) is 0.516. The topological polar surface area (TPSA) is 58.6 Å². The van der Waals surface area contributed by atoms with Crippen LogP contribution in [0.5, 0.6) is 0 Å². The molecule has 0 rings (SSSR count). The number of amides is 1. The summed E-state index contributed by atoms with van der Waals surface area (Å²) in [6.07, 6.45) is 1.50. The van der Waals surface area contributed by atoms with Crippen molar-refractivity contribution in [1.29, 1.82) is 0 Å². The van der Waals surface area contributed by atoms with Gasteiger partial charge >= 0.3 is 5.97 Å². The molecule has 0 aliphatic rings. The molecule has 0 bridgehead atoms. The molecule has 0 aromatic heterocycles. The molecule has 80 valence electrons. The van der Waals surface area contributed by atoms with Gasteiger partial charge in [0.1, 0.15) is 5.70 Å². The maximum Gasteiger partial charge on any atom is 0.356 e. The van der Waals surface area contributed by atoms with Crippen molar-refractivity contribution in [2.24, 2.45) is 0 Å². The van der Waals surface area contributed by atoms with Crippen LogP contribution in [0.2, 0.25) is 0 Å². The minimum atomic E-state index is -0.531. The predicted octanol–water partition coefficient (Wildman–Crippen LogP) is 0.0886. The van der Waals surface area contributed by atoms with Gasteiger partial charge in [0.05, 0.1) is 6.61 Å². The van der Waals surface area contributed by atoms with Crippen molar-refractivity contribution in [2.45, 2.75) is 13.8 Å². The third kappa shape index (κ3) is 5.18. The first-order chi connectivity index (χ1) is 6.47. The molecular formula is C9H16N2O3. The average Bonchev–Trinajstić information content (AvgIpc) is 2.01. The highest BCUT2D eigenvalue weighted by atomic mass is 16.5. The fourth-order valence-electron chi connectivity index (χ4n) is 0.793. The van der Waals surface area contributed by atoms with Crippen LogP contribution in [-0.2, 0) is 14.3 Å². The molecule has 0 atom stereocenters. The SMILES string of the molecule is CCOC(=O)/C(=C/N(C)C)NC(C)=O. The predicted molar refractivity (Wildman–Crippen MR) is 52.2 cm³/mol.